The Morgan fingerprint density at radius 2 is 2.10 bits per heavy atom. The number of carbonyl (C=O) groups is 2. The molecule has 0 bridgehead atoms. The van der Waals surface area contributed by atoms with Gasteiger partial charge in [-0.05, 0) is 25.0 Å². The minimum Gasteiger partial charge on any atom is -0.467 e. The molecule has 1 rings (SSSR count). The zero-order valence-corrected chi connectivity index (χ0v) is 12.3. The number of carbonyl (C=O) groups excluding carboxylic acids is 2. The first-order chi connectivity index (χ1) is 9.67. The lowest BCUT2D eigenvalue weighted by Crippen LogP contribution is -2.39. The molecule has 1 aromatic heterocycles. The molecule has 5 nitrogen and oxygen atoms in total. The van der Waals surface area contributed by atoms with Crippen molar-refractivity contribution in [1.82, 2.24) is 10.6 Å². The minimum absolute atomic E-state index is 0.00724. The van der Waals surface area contributed by atoms with E-state index in [1.54, 1.807) is 18.4 Å². The Labute approximate surface area is 120 Å². The first kappa shape index (κ1) is 16.3. The van der Waals surface area contributed by atoms with Gasteiger partial charge in [-0.25, -0.2) is 0 Å². The molecule has 0 spiro atoms. The van der Waals surface area contributed by atoms with Crippen LogP contribution in [-0.2, 0) is 16.1 Å². The third kappa shape index (κ3) is 5.91. The lowest BCUT2D eigenvalue weighted by atomic mass is 9.98. The summed E-state index contributed by atoms with van der Waals surface area (Å²) < 4.78 is 5.11. The summed E-state index contributed by atoms with van der Waals surface area (Å²) in [7, 11) is 0. The fourth-order valence-corrected chi connectivity index (χ4v) is 1.94. The van der Waals surface area contributed by atoms with Crippen LogP contribution in [0.15, 0.2) is 22.8 Å². The van der Waals surface area contributed by atoms with Crippen molar-refractivity contribution in [3.05, 3.63) is 24.2 Å². The smallest absolute Gasteiger partial charge is 0.239 e. The number of nitrogens with one attached hydrogen (secondary N) is 2. The Kier molecular flexibility index (Phi) is 7.47. The monoisotopic (exact) mass is 280 g/mol. The van der Waals surface area contributed by atoms with Crippen LogP contribution in [0, 0.1) is 5.92 Å². The van der Waals surface area contributed by atoms with Gasteiger partial charge in [0.25, 0.3) is 0 Å². The largest absolute Gasteiger partial charge is 0.467 e. The first-order valence-corrected chi connectivity index (χ1v) is 7.24. The van der Waals surface area contributed by atoms with E-state index in [0.29, 0.717) is 12.3 Å². The molecule has 0 aliphatic heterocycles. The van der Waals surface area contributed by atoms with E-state index in [9.17, 15) is 9.59 Å². The highest BCUT2D eigenvalue weighted by molar-refractivity contribution is 5.85. The molecule has 20 heavy (non-hydrogen) atoms. The normalized spacial score (nSPS) is 11.9. The predicted octanol–water partition coefficient (Wildman–Crippen LogP) is 2.23. The van der Waals surface area contributed by atoms with Crippen LogP contribution in [0.25, 0.3) is 0 Å². The highest BCUT2D eigenvalue weighted by Gasteiger charge is 2.16. The zero-order valence-electron chi connectivity index (χ0n) is 12.3. The van der Waals surface area contributed by atoms with E-state index in [-0.39, 0.29) is 24.3 Å². The summed E-state index contributed by atoms with van der Waals surface area (Å²) in [6.45, 7) is 4.46. The van der Waals surface area contributed by atoms with Gasteiger partial charge in [0.15, 0.2) is 0 Å². The van der Waals surface area contributed by atoms with Gasteiger partial charge in [0.2, 0.25) is 11.8 Å². The Hall–Kier alpha value is -1.78. The molecule has 2 N–H and O–H groups in total. The molecule has 1 aromatic rings. The van der Waals surface area contributed by atoms with Gasteiger partial charge in [-0.3, -0.25) is 9.59 Å². The van der Waals surface area contributed by atoms with Crippen molar-refractivity contribution in [2.45, 2.75) is 46.1 Å². The van der Waals surface area contributed by atoms with Gasteiger partial charge >= 0.3 is 0 Å². The second-order valence-corrected chi connectivity index (χ2v) is 4.82. The van der Waals surface area contributed by atoms with Crippen LogP contribution >= 0.6 is 0 Å². The van der Waals surface area contributed by atoms with Crippen molar-refractivity contribution in [2.24, 2.45) is 5.92 Å². The summed E-state index contributed by atoms with van der Waals surface area (Å²) in [6.07, 6.45) is 5.36. The van der Waals surface area contributed by atoms with E-state index >= 15 is 0 Å². The standard InChI is InChI=1S/C15H24N2O3/c1-3-5-7-12(4-2)15(19)17-11-14(18)16-10-13-8-6-9-20-13/h6,8-9,12H,3-5,7,10-11H2,1-2H3,(H,16,18)(H,17,19). The molecule has 1 heterocycles. The van der Waals surface area contributed by atoms with Crippen LogP contribution in [0.2, 0.25) is 0 Å². The number of unbranched alkanes of at least 4 members (excludes halogenated alkanes) is 1. The maximum absolute atomic E-state index is 11.9. The van der Waals surface area contributed by atoms with Crippen molar-refractivity contribution in [3.8, 4) is 0 Å². The van der Waals surface area contributed by atoms with E-state index in [4.69, 9.17) is 4.42 Å². The fourth-order valence-electron chi connectivity index (χ4n) is 1.94. The summed E-state index contributed by atoms with van der Waals surface area (Å²) in [5.74, 6) is 0.459. The molecule has 0 fully saturated rings. The SMILES string of the molecule is CCCCC(CC)C(=O)NCC(=O)NCc1ccco1. The Bertz CT molecular complexity index is 401. The van der Waals surface area contributed by atoms with Crippen LogP contribution < -0.4 is 10.6 Å². The topological polar surface area (TPSA) is 71.3 Å². The number of hydrogen-bond donors (Lipinski definition) is 2. The number of hydrogen-bond acceptors (Lipinski definition) is 3. The highest BCUT2D eigenvalue weighted by atomic mass is 16.3. The molecule has 0 aromatic carbocycles. The van der Waals surface area contributed by atoms with Crippen molar-refractivity contribution in [2.75, 3.05) is 6.54 Å². The summed E-state index contributed by atoms with van der Waals surface area (Å²) >= 11 is 0. The molecule has 0 aliphatic carbocycles. The Balaban J connectivity index is 2.23. The van der Waals surface area contributed by atoms with Crippen LogP contribution in [-0.4, -0.2) is 18.4 Å². The second kappa shape index (κ2) is 9.18. The molecular formula is C15H24N2O3. The third-order valence-electron chi connectivity index (χ3n) is 3.23. The van der Waals surface area contributed by atoms with Crippen molar-refractivity contribution >= 4 is 11.8 Å². The summed E-state index contributed by atoms with van der Waals surface area (Å²) in [4.78, 5) is 23.5. The molecular weight excluding hydrogens is 256 g/mol. The number of amides is 2. The van der Waals surface area contributed by atoms with Gasteiger partial charge in [-0.2, -0.15) is 0 Å². The lowest BCUT2D eigenvalue weighted by Gasteiger charge is -2.14. The molecule has 5 heteroatoms. The second-order valence-electron chi connectivity index (χ2n) is 4.82. The van der Waals surface area contributed by atoms with Crippen LogP contribution in [0.3, 0.4) is 0 Å². The van der Waals surface area contributed by atoms with E-state index < -0.39 is 0 Å². The maximum atomic E-state index is 11.9. The molecule has 112 valence electrons. The van der Waals surface area contributed by atoms with Crippen molar-refractivity contribution < 1.29 is 14.0 Å². The van der Waals surface area contributed by atoms with Gasteiger partial charge in [0, 0.05) is 5.92 Å². The average molecular weight is 280 g/mol. The molecule has 0 saturated carbocycles. The van der Waals surface area contributed by atoms with Crippen molar-refractivity contribution in [1.29, 1.82) is 0 Å². The average Bonchev–Trinajstić information content (AvgIpc) is 2.97. The van der Waals surface area contributed by atoms with E-state index in [0.717, 1.165) is 25.7 Å². The predicted molar refractivity (Wildman–Crippen MR) is 76.9 cm³/mol. The van der Waals surface area contributed by atoms with Gasteiger partial charge in [-0.15, -0.1) is 0 Å². The summed E-state index contributed by atoms with van der Waals surface area (Å²) in [5.41, 5.74) is 0. The summed E-state index contributed by atoms with van der Waals surface area (Å²) in [6, 6.07) is 3.56. The highest BCUT2D eigenvalue weighted by Crippen LogP contribution is 2.12. The Morgan fingerprint density at radius 3 is 2.70 bits per heavy atom. The molecule has 0 aliphatic rings. The van der Waals surface area contributed by atoms with Gasteiger partial charge in [0.1, 0.15) is 5.76 Å². The van der Waals surface area contributed by atoms with Gasteiger partial charge in [-0.1, -0.05) is 26.7 Å². The van der Waals surface area contributed by atoms with Crippen molar-refractivity contribution in [3.63, 3.8) is 0 Å². The van der Waals surface area contributed by atoms with Crippen LogP contribution in [0.1, 0.15) is 45.3 Å². The van der Waals surface area contributed by atoms with Gasteiger partial charge in [0.05, 0.1) is 19.4 Å². The lowest BCUT2D eigenvalue weighted by molar-refractivity contribution is -0.128. The maximum Gasteiger partial charge on any atom is 0.239 e. The van der Waals surface area contributed by atoms with E-state index in [1.165, 1.54) is 0 Å². The van der Waals surface area contributed by atoms with Crippen LogP contribution in [0.5, 0.6) is 0 Å². The molecule has 1 unspecified atom stereocenters. The van der Waals surface area contributed by atoms with Crippen LogP contribution in [0.4, 0.5) is 0 Å². The molecule has 1 atom stereocenters. The molecule has 2 amide bonds. The number of furan rings is 1. The quantitative estimate of drug-likeness (QED) is 0.728. The van der Waals surface area contributed by atoms with Gasteiger partial charge < -0.3 is 15.1 Å². The van der Waals surface area contributed by atoms with E-state index in [2.05, 4.69) is 17.6 Å². The third-order valence-corrected chi connectivity index (χ3v) is 3.23. The molecule has 0 radical (unpaired) electrons. The minimum atomic E-state index is -0.208. The van der Waals surface area contributed by atoms with E-state index in [1.807, 2.05) is 6.92 Å². The summed E-state index contributed by atoms with van der Waals surface area (Å²) in [5, 5.41) is 5.38. The molecule has 0 saturated heterocycles. The zero-order chi connectivity index (χ0) is 14.8. The fraction of sp³-hybridized carbons (Fsp3) is 0.600. The first-order valence-electron chi connectivity index (χ1n) is 7.24. The Morgan fingerprint density at radius 1 is 1.30 bits per heavy atom. The number of rotatable bonds is 9.